The van der Waals surface area contributed by atoms with Crippen molar-refractivity contribution in [2.24, 2.45) is 40.9 Å². The van der Waals surface area contributed by atoms with E-state index in [9.17, 15) is 4.79 Å². The normalized spacial score (nSPS) is 37.4. The van der Waals surface area contributed by atoms with Gasteiger partial charge in [0.15, 0.2) is 0 Å². The summed E-state index contributed by atoms with van der Waals surface area (Å²) in [4.78, 5) is 16.1. The van der Waals surface area contributed by atoms with Crippen molar-refractivity contribution < 1.29 is 4.79 Å². The van der Waals surface area contributed by atoms with Crippen LogP contribution in [0.2, 0.25) is 0 Å². The summed E-state index contributed by atoms with van der Waals surface area (Å²) in [6.45, 7) is 16.3. The van der Waals surface area contributed by atoms with Gasteiger partial charge in [-0.1, -0.05) is 73.3 Å². The van der Waals surface area contributed by atoms with Crippen LogP contribution in [0.1, 0.15) is 112 Å². The second-order valence-corrected chi connectivity index (χ2v) is 12.3. The summed E-state index contributed by atoms with van der Waals surface area (Å²) in [6, 6.07) is 0.367. The largest absolute Gasteiger partial charge is 0.374 e. The summed E-state index contributed by atoms with van der Waals surface area (Å²) < 4.78 is 0. The number of hydrogen-bond donors (Lipinski definition) is 0. The predicted octanol–water partition coefficient (Wildman–Crippen LogP) is 7.87. The molecule has 7 atom stereocenters. The molecule has 0 amide bonds. The molecule has 31 heavy (non-hydrogen) atoms. The highest BCUT2D eigenvalue weighted by atomic mass is 16.1. The number of nitrogens with zero attached hydrogens (tertiary/aromatic N) is 1. The average molecular weight is 430 g/mol. The predicted molar refractivity (Wildman–Crippen MR) is 133 cm³/mol. The van der Waals surface area contributed by atoms with Gasteiger partial charge in [-0.25, -0.2) is 0 Å². The minimum atomic E-state index is 0.269. The van der Waals surface area contributed by atoms with Gasteiger partial charge in [-0.15, -0.1) is 0 Å². The Morgan fingerprint density at radius 1 is 1.16 bits per heavy atom. The van der Waals surface area contributed by atoms with Crippen molar-refractivity contribution in [3.8, 4) is 0 Å². The molecule has 0 N–H and O–H groups in total. The first-order chi connectivity index (χ1) is 14.7. The van der Waals surface area contributed by atoms with Gasteiger partial charge in [0.2, 0.25) is 0 Å². The molecule has 0 radical (unpaired) electrons. The molecule has 0 bridgehead atoms. The van der Waals surface area contributed by atoms with Crippen LogP contribution in [-0.2, 0) is 4.79 Å². The Bertz CT molecular complexity index is 624. The molecule has 178 valence electrons. The lowest BCUT2D eigenvalue weighted by atomic mass is 9.52. The van der Waals surface area contributed by atoms with Crippen molar-refractivity contribution in [1.82, 2.24) is 4.90 Å². The van der Waals surface area contributed by atoms with Crippen LogP contribution in [0.5, 0.6) is 0 Å². The first-order valence-corrected chi connectivity index (χ1v) is 13.6. The number of unbranched alkanes of at least 4 members (excludes halogenated alkanes) is 1. The van der Waals surface area contributed by atoms with E-state index in [1.807, 2.05) is 0 Å². The Kier molecular flexibility index (Phi) is 8.36. The molecule has 0 aromatic heterocycles. The van der Waals surface area contributed by atoms with Crippen LogP contribution in [-0.4, -0.2) is 23.8 Å². The monoisotopic (exact) mass is 429 g/mol. The number of ketones is 1. The second kappa shape index (κ2) is 10.4. The highest BCUT2D eigenvalue weighted by molar-refractivity contribution is 5.83. The molecule has 3 rings (SSSR count). The van der Waals surface area contributed by atoms with E-state index in [-0.39, 0.29) is 5.41 Å². The molecule has 2 aliphatic carbocycles. The van der Waals surface area contributed by atoms with Crippen LogP contribution in [0.15, 0.2) is 12.3 Å². The zero-order valence-corrected chi connectivity index (χ0v) is 21.6. The van der Waals surface area contributed by atoms with E-state index in [0.717, 1.165) is 30.6 Å². The molecule has 2 saturated carbocycles. The molecule has 3 aliphatic rings. The first-order valence-electron chi connectivity index (χ1n) is 13.6. The van der Waals surface area contributed by atoms with E-state index in [1.54, 1.807) is 0 Å². The van der Waals surface area contributed by atoms with Gasteiger partial charge in [-0.2, -0.15) is 0 Å². The summed E-state index contributed by atoms with van der Waals surface area (Å²) in [5.74, 6) is 4.60. The molecule has 5 unspecified atom stereocenters. The maximum absolute atomic E-state index is 13.7. The lowest BCUT2D eigenvalue weighted by molar-refractivity contribution is -0.144. The molecule has 0 aromatic rings. The first kappa shape index (κ1) is 24.8. The number of carbonyl (C=O) groups excluding carboxylic acids is 1. The minimum Gasteiger partial charge on any atom is -0.374 e. The number of Topliss-reactive ketones (excluding diaryl/α,β-unsaturated/α-hetero) is 1. The third-order valence-corrected chi connectivity index (χ3v) is 9.86. The number of rotatable bonds is 9. The van der Waals surface area contributed by atoms with Crippen LogP contribution >= 0.6 is 0 Å². The van der Waals surface area contributed by atoms with Crippen LogP contribution < -0.4 is 0 Å². The number of fused-ring (bicyclic) bond motifs is 1. The maximum atomic E-state index is 13.7. The van der Waals surface area contributed by atoms with Gasteiger partial charge in [0.25, 0.3) is 0 Å². The minimum absolute atomic E-state index is 0.269. The quantitative estimate of drug-likeness (QED) is 0.371. The molecular weight excluding hydrogens is 378 g/mol. The fourth-order valence-corrected chi connectivity index (χ4v) is 7.69. The topological polar surface area (TPSA) is 20.3 Å². The summed E-state index contributed by atoms with van der Waals surface area (Å²) in [6.07, 6.45) is 14.9. The summed E-state index contributed by atoms with van der Waals surface area (Å²) in [5.41, 5.74) is 1.50. The SMILES string of the molecule is C=C1CC[C@]2(C)C(CCCC)C(C3CCC(C(C)CCCC(C)C)C3)C(=O)C[C@H]2N1C. The van der Waals surface area contributed by atoms with E-state index >= 15 is 0 Å². The molecule has 2 heteroatoms. The molecule has 1 saturated heterocycles. The summed E-state index contributed by atoms with van der Waals surface area (Å²) in [7, 11) is 2.19. The Morgan fingerprint density at radius 3 is 2.58 bits per heavy atom. The van der Waals surface area contributed by atoms with Gasteiger partial charge in [0.05, 0.1) is 0 Å². The lowest BCUT2D eigenvalue weighted by Crippen LogP contribution is -2.59. The fraction of sp³-hybridized carbons (Fsp3) is 0.897. The van der Waals surface area contributed by atoms with Gasteiger partial charge in [0.1, 0.15) is 5.78 Å². The second-order valence-electron chi connectivity index (χ2n) is 12.3. The average Bonchev–Trinajstić information content (AvgIpc) is 3.20. The maximum Gasteiger partial charge on any atom is 0.138 e. The van der Waals surface area contributed by atoms with Crippen molar-refractivity contribution in [3.63, 3.8) is 0 Å². The van der Waals surface area contributed by atoms with E-state index in [0.29, 0.717) is 29.6 Å². The van der Waals surface area contributed by atoms with Crippen LogP contribution in [0, 0.1) is 40.9 Å². The van der Waals surface area contributed by atoms with Gasteiger partial charge >= 0.3 is 0 Å². The van der Waals surface area contributed by atoms with E-state index < -0.39 is 0 Å². The van der Waals surface area contributed by atoms with Gasteiger partial charge in [-0.05, 0) is 73.5 Å². The Labute approximate surface area is 193 Å². The number of carbonyl (C=O) groups is 1. The highest BCUT2D eigenvalue weighted by Crippen LogP contribution is 2.57. The van der Waals surface area contributed by atoms with Crippen molar-refractivity contribution in [2.75, 3.05) is 7.05 Å². The Balaban J connectivity index is 1.73. The number of allylic oxidation sites excluding steroid dienone is 1. The Hall–Kier alpha value is -0.790. The fourth-order valence-electron chi connectivity index (χ4n) is 7.69. The van der Waals surface area contributed by atoms with E-state index in [2.05, 4.69) is 53.1 Å². The van der Waals surface area contributed by atoms with E-state index in [1.165, 1.54) is 69.9 Å². The summed E-state index contributed by atoms with van der Waals surface area (Å²) >= 11 is 0. The molecule has 0 aromatic carbocycles. The Morgan fingerprint density at radius 2 is 1.90 bits per heavy atom. The van der Waals surface area contributed by atoms with Crippen LogP contribution in [0.25, 0.3) is 0 Å². The third-order valence-electron chi connectivity index (χ3n) is 9.86. The van der Waals surface area contributed by atoms with Crippen molar-refractivity contribution >= 4 is 5.78 Å². The van der Waals surface area contributed by atoms with Crippen molar-refractivity contribution in [2.45, 2.75) is 118 Å². The number of likely N-dealkylation sites (tertiary alicyclic amines) is 1. The van der Waals surface area contributed by atoms with E-state index in [4.69, 9.17) is 0 Å². The molecular formula is C29H51NO. The zero-order chi connectivity index (χ0) is 22.8. The standard InChI is InChI=1S/C29H51NO/c1-8-9-13-25-28(24-15-14-23(18-24)21(4)12-10-11-20(2)3)26(31)19-27-29(25,6)17-16-22(5)30(27)7/h20-21,23-25,27-28H,5,8-19H2,1-4,6-7H3/t21?,23?,24?,25?,27-,28?,29-/m1/s1. The molecule has 1 heterocycles. The van der Waals surface area contributed by atoms with Gasteiger partial charge in [0, 0.05) is 31.1 Å². The third kappa shape index (κ3) is 5.25. The molecule has 0 spiro atoms. The van der Waals surface area contributed by atoms with Crippen LogP contribution in [0.4, 0.5) is 0 Å². The van der Waals surface area contributed by atoms with Gasteiger partial charge < -0.3 is 4.90 Å². The highest BCUT2D eigenvalue weighted by Gasteiger charge is 2.56. The molecule has 1 aliphatic heterocycles. The summed E-state index contributed by atoms with van der Waals surface area (Å²) in [5, 5.41) is 0. The number of hydrogen-bond acceptors (Lipinski definition) is 2. The van der Waals surface area contributed by atoms with Crippen molar-refractivity contribution in [3.05, 3.63) is 12.3 Å². The molecule has 2 nitrogen and oxygen atoms in total. The van der Waals surface area contributed by atoms with Crippen LogP contribution in [0.3, 0.4) is 0 Å². The zero-order valence-electron chi connectivity index (χ0n) is 21.6. The van der Waals surface area contributed by atoms with Crippen molar-refractivity contribution in [1.29, 1.82) is 0 Å². The van der Waals surface area contributed by atoms with Gasteiger partial charge in [-0.3, -0.25) is 4.79 Å². The number of piperidine rings is 1. The lowest BCUT2D eigenvalue weighted by Gasteiger charge is -2.58. The molecule has 3 fully saturated rings. The smallest absolute Gasteiger partial charge is 0.138 e.